The number of hydrogen-bond donors (Lipinski definition) is 1. The molecule has 2 heterocycles. The number of amides is 1. The van der Waals surface area contributed by atoms with Crippen LogP contribution in [0.15, 0.2) is 42.6 Å². The van der Waals surface area contributed by atoms with Crippen molar-refractivity contribution in [3.05, 3.63) is 59.9 Å². The molecule has 0 spiro atoms. The van der Waals surface area contributed by atoms with Gasteiger partial charge in [-0.15, -0.1) is 0 Å². The molecule has 0 bridgehead atoms. The van der Waals surface area contributed by atoms with Gasteiger partial charge in [0, 0.05) is 29.8 Å². The summed E-state index contributed by atoms with van der Waals surface area (Å²) in [7, 11) is 0. The minimum atomic E-state index is -0.630. The third-order valence-corrected chi connectivity index (χ3v) is 8.22. The molecule has 1 amide bonds. The van der Waals surface area contributed by atoms with Crippen LogP contribution in [-0.4, -0.2) is 35.8 Å². The zero-order valence-electron chi connectivity index (χ0n) is 21.0. The first-order valence-electron chi connectivity index (χ1n) is 13.1. The van der Waals surface area contributed by atoms with Gasteiger partial charge in [0.2, 0.25) is 0 Å². The molecule has 2 aromatic rings. The number of nitrogens with one attached hydrogen (secondary N) is 1. The number of hydrogen-bond acceptors (Lipinski definition) is 5. The highest BCUT2D eigenvalue weighted by Gasteiger charge is 2.54. The molecule has 7 atom stereocenters. The molecule has 5 rings (SSSR count). The maximum Gasteiger partial charge on any atom is 0.407 e. The minimum absolute atomic E-state index is 0.0400. The largest absolute Gasteiger partial charge is 0.462 e. The van der Waals surface area contributed by atoms with E-state index in [9.17, 15) is 18.4 Å². The van der Waals surface area contributed by atoms with Crippen molar-refractivity contribution < 1.29 is 27.8 Å². The SMILES string of the molecule is CCOC(=O)N[C@@H]1CC[C@@H]2[C@@H](C1)C[C@H]1C(=O)O[C@H](C)[C@H]1[C@H]2/C=C/c1ccc(-c2cc(F)cc(F)c2)cn1. The van der Waals surface area contributed by atoms with E-state index in [0.29, 0.717) is 29.6 Å². The number of cyclic esters (lactones) is 1. The number of allylic oxidation sites excluding steroid dienone is 1. The van der Waals surface area contributed by atoms with Gasteiger partial charge >= 0.3 is 12.1 Å². The van der Waals surface area contributed by atoms with E-state index in [2.05, 4.69) is 16.4 Å². The lowest BCUT2D eigenvalue weighted by Gasteiger charge is -2.47. The standard InChI is InChI=1S/C29H32F2N2O4/c1-3-36-29(35)33-23-7-8-24-19(12-23)13-26-27(16(2)37-28(26)34)25(24)9-6-22-5-4-17(15-32-22)18-10-20(30)14-21(31)11-18/h4-6,9-11,14-16,19,23-27H,3,7-8,12-13H2,1-2H3,(H,33,35)/b9-6+/t16-,19+,23-,24-,25+,26-,27+/m1/s1. The number of pyridine rings is 1. The molecule has 3 aliphatic rings. The van der Waals surface area contributed by atoms with E-state index in [1.165, 1.54) is 12.1 Å². The fourth-order valence-corrected chi connectivity index (χ4v) is 6.69. The van der Waals surface area contributed by atoms with Crippen LogP contribution in [0.4, 0.5) is 13.6 Å². The Kier molecular flexibility index (Phi) is 7.26. The maximum atomic E-state index is 13.6. The zero-order valence-corrected chi connectivity index (χ0v) is 21.0. The lowest BCUT2D eigenvalue weighted by atomic mass is 9.57. The summed E-state index contributed by atoms with van der Waals surface area (Å²) in [6.45, 7) is 4.09. The highest BCUT2D eigenvalue weighted by Crippen LogP contribution is 2.53. The molecule has 6 nitrogen and oxygen atoms in total. The number of alkyl carbamates (subject to hydrolysis) is 1. The minimum Gasteiger partial charge on any atom is -0.462 e. The van der Waals surface area contributed by atoms with Crippen molar-refractivity contribution in [2.75, 3.05) is 6.61 Å². The Morgan fingerprint density at radius 1 is 1.16 bits per heavy atom. The normalized spacial score (nSPS) is 30.9. The van der Waals surface area contributed by atoms with Gasteiger partial charge in [-0.05, 0) is 87.1 Å². The van der Waals surface area contributed by atoms with E-state index in [4.69, 9.17) is 9.47 Å². The van der Waals surface area contributed by atoms with E-state index in [1.54, 1.807) is 19.2 Å². The van der Waals surface area contributed by atoms with Crippen LogP contribution >= 0.6 is 0 Å². The van der Waals surface area contributed by atoms with Crippen molar-refractivity contribution in [2.24, 2.45) is 29.6 Å². The number of benzene rings is 1. The van der Waals surface area contributed by atoms with Crippen molar-refractivity contribution in [1.82, 2.24) is 10.3 Å². The maximum absolute atomic E-state index is 13.6. The number of fused-ring (bicyclic) bond motifs is 2. The summed E-state index contributed by atoms with van der Waals surface area (Å²) in [6, 6.07) is 7.07. The Morgan fingerprint density at radius 3 is 2.65 bits per heavy atom. The number of carbonyl (C=O) groups excluding carboxylic acids is 2. The molecule has 0 radical (unpaired) electrons. The molecule has 2 saturated carbocycles. The van der Waals surface area contributed by atoms with Crippen molar-refractivity contribution in [3.8, 4) is 11.1 Å². The molecule has 1 aliphatic heterocycles. The van der Waals surface area contributed by atoms with Crippen LogP contribution in [0.5, 0.6) is 0 Å². The summed E-state index contributed by atoms with van der Waals surface area (Å²) < 4.78 is 37.9. The molecule has 196 valence electrons. The van der Waals surface area contributed by atoms with Crippen molar-refractivity contribution >= 4 is 18.1 Å². The van der Waals surface area contributed by atoms with Gasteiger partial charge in [-0.2, -0.15) is 0 Å². The van der Waals surface area contributed by atoms with Crippen LogP contribution in [0.2, 0.25) is 0 Å². The summed E-state index contributed by atoms with van der Waals surface area (Å²) in [4.78, 5) is 29.1. The molecule has 1 saturated heterocycles. The van der Waals surface area contributed by atoms with Crippen molar-refractivity contribution in [3.63, 3.8) is 0 Å². The third-order valence-electron chi connectivity index (χ3n) is 8.22. The van der Waals surface area contributed by atoms with Crippen LogP contribution in [0.3, 0.4) is 0 Å². The Balaban J connectivity index is 1.34. The van der Waals surface area contributed by atoms with E-state index < -0.39 is 11.6 Å². The number of rotatable bonds is 5. The average molecular weight is 511 g/mol. The van der Waals surface area contributed by atoms with Crippen LogP contribution in [0, 0.1) is 41.2 Å². The van der Waals surface area contributed by atoms with Crippen molar-refractivity contribution in [2.45, 2.75) is 51.7 Å². The first-order valence-corrected chi connectivity index (χ1v) is 13.1. The number of esters is 1. The summed E-state index contributed by atoms with van der Waals surface area (Å²) in [5.74, 6) is -0.603. The first-order chi connectivity index (χ1) is 17.8. The fourth-order valence-electron chi connectivity index (χ4n) is 6.69. The molecule has 1 N–H and O–H groups in total. The van der Waals surface area contributed by atoms with E-state index in [0.717, 1.165) is 37.4 Å². The quantitative estimate of drug-likeness (QED) is 0.517. The van der Waals surface area contributed by atoms with Crippen molar-refractivity contribution in [1.29, 1.82) is 0 Å². The molecule has 1 aromatic heterocycles. The second-order valence-electron chi connectivity index (χ2n) is 10.4. The lowest BCUT2D eigenvalue weighted by molar-refractivity contribution is -0.144. The number of halogens is 2. The average Bonchev–Trinajstić information content (AvgIpc) is 3.14. The van der Waals surface area contributed by atoms with Gasteiger partial charge in [0.1, 0.15) is 17.7 Å². The van der Waals surface area contributed by atoms with Gasteiger partial charge in [0.05, 0.1) is 18.2 Å². The summed E-state index contributed by atoms with van der Waals surface area (Å²) in [6.07, 6.45) is 8.60. The summed E-state index contributed by atoms with van der Waals surface area (Å²) in [5, 5.41) is 2.98. The monoisotopic (exact) mass is 510 g/mol. The Morgan fingerprint density at radius 2 is 1.95 bits per heavy atom. The number of nitrogens with zero attached hydrogens (tertiary/aromatic N) is 1. The Hall–Kier alpha value is -3.29. The molecule has 1 aromatic carbocycles. The molecule has 2 aliphatic carbocycles. The smallest absolute Gasteiger partial charge is 0.407 e. The topological polar surface area (TPSA) is 77.5 Å². The first kappa shape index (κ1) is 25.4. The fraction of sp³-hybridized carbons (Fsp3) is 0.483. The number of ether oxygens (including phenoxy) is 2. The number of carbonyl (C=O) groups is 2. The Labute approximate surface area is 215 Å². The summed E-state index contributed by atoms with van der Waals surface area (Å²) >= 11 is 0. The van der Waals surface area contributed by atoms with E-state index in [1.807, 2.05) is 19.1 Å². The molecular weight excluding hydrogens is 478 g/mol. The highest BCUT2D eigenvalue weighted by molar-refractivity contribution is 5.75. The van der Waals surface area contributed by atoms with Gasteiger partial charge in [-0.3, -0.25) is 9.78 Å². The molecule has 3 fully saturated rings. The lowest BCUT2D eigenvalue weighted by Crippen LogP contribution is -2.48. The van der Waals surface area contributed by atoms with Crippen LogP contribution in [0.1, 0.15) is 45.2 Å². The molecule has 0 unspecified atom stereocenters. The van der Waals surface area contributed by atoms with Crippen LogP contribution in [0.25, 0.3) is 17.2 Å². The second-order valence-corrected chi connectivity index (χ2v) is 10.4. The Bertz CT molecular complexity index is 1160. The predicted octanol–water partition coefficient (Wildman–Crippen LogP) is 5.77. The third kappa shape index (κ3) is 5.38. The van der Waals surface area contributed by atoms with Gasteiger partial charge in [0.25, 0.3) is 0 Å². The van der Waals surface area contributed by atoms with E-state index >= 15 is 0 Å². The zero-order chi connectivity index (χ0) is 26.1. The molecule has 8 heteroatoms. The van der Waals surface area contributed by atoms with E-state index in [-0.39, 0.29) is 42.0 Å². The second kappa shape index (κ2) is 10.6. The highest BCUT2D eigenvalue weighted by atomic mass is 19.1. The van der Waals surface area contributed by atoms with Gasteiger partial charge in [-0.25, -0.2) is 13.6 Å². The summed E-state index contributed by atoms with van der Waals surface area (Å²) in [5.41, 5.74) is 1.79. The van der Waals surface area contributed by atoms with Crippen LogP contribution in [-0.2, 0) is 14.3 Å². The van der Waals surface area contributed by atoms with Gasteiger partial charge in [-0.1, -0.05) is 12.1 Å². The predicted molar refractivity (Wildman–Crippen MR) is 134 cm³/mol. The van der Waals surface area contributed by atoms with Gasteiger partial charge in [0.15, 0.2) is 0 Å². The van der Waals surface area contributed by atoms with Crippen LogP contribution < -0.4 is 5.32 Å². The van der Waals surface area contributed by atoms with Gasteiger partial charge < -0.3 is 14.8 Å². The number of aromatic nitrogens is 1. The molecular formula is C29H32F2N2O4. The molecule has 37 heavy (non-hydrogen) atoms.